The minimum absolute atomic E-state index is 0.749. The highest BCUT2D eigenvalue weighted by molar-refractivity contribution is 4.81. The Hall–Kier alpha value is -0.0800. The van der Waals surface area contributed by atoms with Gasteiger partial charge in [-0.3, -0.25) is 0 Å². The van der Waals surface area contributed by atoms with Gasteiger partial charge >= 0.3 is 0 Å². The van der Waals surface area contributed by atoms with Gasteiger partial charge in [-0.15, -0.1) is 0 Å². The fourth-order valence-electron chi connectivity index (χ4n) is 2.26. The van der Waals surface area contributed by atoms with E-state index in [2.05, 4.69) is 12.4 Å². The molecule has 1 saturated carbocycles. The molecule has 0 amide bonds. The molecule has 0 aromatic heterocycles. The maximum atomic E-state index is 5.40. The van der Waals surface area contributed by atoms with Crippen LogP contribution in [0.25, 0.3) is 0 Å². The average molecular weight is 183 g/mol. The van der Waals surface area contributed by atoms with E-state index in [1.807, 2.05) is 0 Å². The molecule has 13 heavy (non-hydrogen) atoms. The van der Waals surface area contributed by atoms with E-state index in [0.717, 1.165) is 31.1 Å². The maximum Gasteiger partial charge on any atom is 0.0495 e. The molecule has 1 saturated heterocycles. The van der Waals surface area contributed by atoms with Crippen LogP contribution in [0.4, 0.5) is 0 Å². The molecule has 2 aliphatic rings. The highest BCUT2D eigenvalue weighted by Gasteiger charge is 2.27. The van der Waals surface area contributed by atoms with Gasteiger partial charge in [-0.05, 0) is 38.1 Å². The van der Waals surface area contributed by atoms with E-state index in [9.17, 15) is 0 Å². The van der Waals surface area contributed by atoms with Crippen LogP contribution in [0.1, 0.15) is 32.1 Å². The van der Waals surface area contributed by atoms with Crippen molar-refractivity contribution in [2.45, 2.75) is 38.1 Å². The van der Waals surface area contributed by atoms with Gasteiger partial charge in [-0.1, -0.05) is 12.8 Å². The topological polar surface area (TPSA) is 21.3 Å². The normalized spacial score (nSPS) is 30.7. The minimum Gasteiger partial charge on any atom is -0.381 e. The molecule has 2 unspecified atom stereocenters. The first-order valence-corrected chi connectivity index (χ1v) is 5.63. The lowest BCUT2D eigenvalue weighted by atomic mass is 9.96. The number of ether oxygens (including phenoxy) is 1. The van der Waals surface area contributed by atoms with E-state index < -0.39 is 0 Å². The second-order valence-corrected chi connectivity index (χ2v) is 4.63. The molecule has 1 N–H and O–H groups in total. The molecule has 0 bridgehead atoms. The number of hydrogen-bond acceptors (Lipinski definition) is 2. The lowest BCUT2D eigenvalue weighted by Crippen LogP contribution is -2.28. The molecular formula is C11H21NO. The third kappa shape index (κ3) is 2.96. The first-order valence-electron chi connectivity index (χ1n) is 5.63. The van der Waals surface area contributed by atoms with Crippen LogP contribution in [0.5, 0.6) is 0 Å². The standard InChI is InChI=1S/C11H21NO/c1-12-11(6-9-2-3-9)7-10-4-5-13-8-10/h9-12H,2-8H2,1H3. The average Bonchev–Trinajstić information content (AvgIpc) is 2.80. The SMILES string of the molecule is CNC(CC1CC1)CC1CCOC1. The molecule has 1 aliphatic carbocycles. The van der Waals surface area contributed by atoms with E-state index in [1.165, 1.54) is 32.1 Å². The second kappa shape index (κ2) is 4.43. The van der Waals surface area contributed by atoms with Gasteiger partial charge in [-0.2, -0.15) is 0 Å². The van der Waals surface area contributed by atoms with Crippen molar-refractivity contribution >= 4 is 0 Å². The smallest absolute Gasteiger partial charge is 0.0495 e. The summed E-state index contributed by atoms with van der Waals surface area (Å²) < 4.78 is 5.40. The summed E-state index contributed by atoms with van der Waals surface area (Å²) in [6, 6.07) is 0.749. The lowest BCUT2D eigenvalue weighted by molar-refractivity contribution is 0.181. The number of nitrogens with one attached hydrogen (secondary N) is 1. The van der Waals surface area contributed by atoms with Gasteiger partial charge in [0.1, 0.15) is 0 Å². The Kier molecular flexibility index (Phi) is 3.23. The zero-order chi connectivity index (χ0) is 9.10. The molecule has 2 heteroatoms. The number of hydrogen-bond donors (Lipinski definition) is 1. The summed E-state index contributed by atoms with van der Waals surface area (Å²) in [4.78, 5) is 0. The summed E-state index contributed by atoms with van der Waals surface area (Å²) in [6.07, 6.45) is 6.95. The van der Waals surface area contributed by atoms with Crippen LogP contribution in [0.15, 0.2) is 0 Å². The van der Waals surface area contributed by atoms with Gasteiger partial charge in [0.15, 0.2) is 0 Å². The molecule has 1 heterocycles. The molecule has 2 nitrogen and oxygen atoms in total. The van der Waals surface area contributed by atoms with Crippen LogP contribution in [0, 0.1) is 11.8 Å². The largest absolute Gasteiger partial charge is 0.381 e. The fourth-order valence-corrected chi connectivity index (χ4v) is 2.26. The van der Waals surface area contributed by atoms with E-state index >= 15 is 0 Å². The quantitative estimate of drug-likeness (QED) is 0.702. The van der Waals surface area contributed by atoms with E-state index in [-0.39, 0.29) is 0 Å². The summed E-state index contributed by atoms with van der Waals surface area (Å²) in [5, 5.41) is 3.44. The Labute approximate surface area is 81.0 Å². The molecule has 76 valence electrons. The van der Waals surface area contributed by atoms with Crippen molar-refractivity contribution in [3.63, 3.8) is 0 Å². The van der Waals surface area contributed by atoms with Crippen molar-refractivity contribution in [3.05, 3.63) is 0 Å². The van der Waals surface area contributed by atoms with Gasteiger partial charge in [0.05, 0.1) is 0 Å². The zero-order valence-electron chi connectivity index (χ0n) is 8.59. The predicted octanol–water partition coefficient (Wildman–Crippen LogP) is 1.80. The summed E-state index contributed by atoms with van der Waals surface area (Å²) >= 11 is 0. The van der Waals surface area contributed by atoms with Gasteiger partial charge in [0.2, 0.25) is 0 Å². The summed E-state index contributed by atoms with van der Waals surface area (Å²) in [5.41, 5.74) is 0. The Balaban J connectivity index is 1.68. The van der Waals surface area contributed by atoms with Crippen molar-refractivity contribution < 1.29 is 4.74 Å². The third-order valence-corrected chi connectivity index (χ3v) is 3.36. The molecule has 0 aromatic carbocycles. The molecule has 2 rings (SSSR count). The first-order chi connectivity index (χ1) is 6.38. The molecule has 2 atom stereocenters. The first kappa shape index (κ1) is 9.47. The number of rotatable bonds is 5. The van der Waals surface area contributed by atoms with Crippen LogP contribution >= 0.6 is 0 Å². The van der Waals surface area contributed by atoms with Gasteiger partial charge in [0, 0.05) is 19.3 Å². The maximum absolute atomic E-state index is 5.40. The Bertz CT molecular complexity index is 150. The Morgan fingerprint density at radius 3 is 2.54 bits per heavy atom. The summed E-state index contributed by atoms with van der Waals surface area (Å²) in [5.74, 6) is 1.87. The van der Waals surface area contributed by atoms with Crippen molar-refractivity contribution in [2.75, 3.05) is 20.3 Å². The minimum atomic E-state index is 0.749. The van der Waals surface area contributed by atoms with Gasteiger partial charge in [0.25, 0.3) is 0 Å². The van der Waals surface area contributed by atoms with E-state index in [1.54, 1.807) is 0 Å². The van der Waals surface area contributed by atoms with Gasteiger partial charge in [-0.25, -0.2) is 0 Å². The molecule has 0 radical (unpaired) electrons. The molecule has 1 aliphatic heterocycles. The van der Waals surface area contributed by atoms with E-state index in [0.29, 0.717) is 0 Å². The second-order valence-electron chi connectivity index (χ2n) is 4.63. The highest BCUT2D eigenvalue weighted by atomic mass is 16.5. The highest BCUT2D eigenvalue weighted by Crippen LogP contribution is 2.35. The Morgan fingerprint density at radius 1 is 1.23 bits per heavy atom. The van der Waals surface area contributed by atoms with Crippen LogP contribution in [0.3, 0.4) is 0 Å². The zero-order valence-corrected chi connectivity index (χ0v) is 8.59. The van der Waals surface area contributed by atoms with Crippen LogP contribution in [-0.4, -0.2) is 26.3 Å². The summed E-state index contributed by atoms with van der Waals surface area (Å²) in [7, 11) is 2.10. The predicted molar refractivity (Wildman–Crippen MR) is 53.7 cm³/mol. The Morgan fingerprint density at radius 2 is 2.00 bits per heavy atom. The third-order valence-electron chi connectivity index (χ3n) is 3.36. The molecule has 0 spiro atoms. The molecule has 0 aromatic rings. The molecular weight excluding hydrogens is 162 g/mol. The van der Waals surface area contributed by atoms with E-state index in [4.69, 9.17) is 4.74 Å². The van der Waals surface area contributed by atoms with Crippen molar-refractivity contribution in [1.29, 1.82) is 0 Å². The lowest BCUT2D eigenvalue weighted by Gasteiger charge is -2.18. The van der Waals surface area contributed by atoms with Gasteiger partial charge < -0.3 is 10.1 Å². The fraction of sp³-hybridized carbons (Fsp3) is 1.00. The van der Waals surface area contributed by atoms with Crippen LogP contribution in [-0.2, 0) is 4.74 Å². The van der Waals surface area contributed by atoms with Crippen molar-refractivity contribution in [2.24, 2.45) is 11.8 Å². The van der Waals surface area contributed by atoms with Crippen LogP contribution in [0.2, 0.25) is 0 Å². The van der Waals surface area contributed by atoms with Crippen LogP contribution < -0.4 is 5.32 Å². The van der Waals surface area contributed by atoms with Crippen molar-refractivity contribution in [3.8, 4) is 0 Å². The monoisotopic (exact) mass is 183 g/mol. The van der Waals surface area contributed by atoms with Crippen molar-refractivity contribution in [1.82, 2.24) is 5.32 Å². The molecule has 2 fully saturated rings. The summed E-state index contributed by atoms with van der Waals surface area (Å²) in [6.45, 7) is 1.99.